The van der Waals surface area contributed by atoms with Gasteiger partial charge in [0.05, 0.1) is 5.69 Å². The zero-order valence-corrected chi connectivity index (χ0v) is 27.0. The van der Waals surface area contributed by atoms with Crippen molar-refractivity contribution in [3.8, 4) is 0 Å². The van der Waals surface area contributed by atoms with E-state index in [2.05, 4.69) is 72.0 Å². The molecule has 3 aromatic carbocycles. The molecular weight excluding hydrogens is 561 g/mol. The number of hydrogen-bond donors (Lipinski definition) is 1. The molecular formula is C39H48FN3O2. The maximum atomic E-state index is 14.3. The van der Waals surface area contributed by atoms with Gasteiger partial charge in [0.25, 0.3) is 0 Å². The smallest absolute Gasteiger partial charge is 0.321 e. The lowest BCUT2D eigenvalue weighted by molar-refractivity contribution is -0.145. The summed E-state index contributed by atoms with van der Waals surface area (Å²) in [4.78, 5) is 14.5. The topological polar surface area (TPSA) is 58.4 Å². The zero-order chi connectivity index (χ0) is 31.5. The van der Waals surface area contributed by atoms with Gasteiger partial charge >= 0.3 is 5.97 Å². The van der Waals surface area contributed by atoms with Crippen molar-refractivity contribution in [2.24, 2.45) is 17.8 Å². The summed E-state index contributed by atoms with van der Waals surface area (Å²) in [6.45, 7) is 8.61. The van der Waals surface area contributed by atoms with E-state index in [-0.39, 0.29) is 17.7 Å². The van der Waals surface area contributed by atoms with Crippen molar-refractivity contribution in [2.45, 2.75) is 90.1 Å². The summed E-state index contributed by atoms with van der Waals surface area (Å²) in [5.74, 6) is 0.706. The highest BCUT2D eigenvalue weighted by atomic mass is 19.1. The molecule has 4 aromatic rings. The Labute approximate surface area is 267 Å². The van der Waals surface area contributed by atoms with E-state index in [1.165, 1.54) is 28.1 Å². The predicted molar refractivity (Wildman–Crippen MR) is 179 cm³/mol. The number of fused-ring (bicyclic) bond motifs is 1. The third-order valence-electron chi connectivity index (χ3n) is 10.9. The highest BCUT2D eigenvalue weighted by molar-refractivity contribution is 5.85. The first-order valence-electron chi connectivity index (χ1n) is 17.1. The molecule has 2 aliphatic rings. The second-order valence-corrected chi connectivity index (χ2v) is 13.7. The van der Waals surface area contributed by atoms with Crippen molar-refractivity contribution in [1.29, 1.82) is 0 Å². The number of likely N-dealkylation sites (tertiary alicyclic amines) is 1. The first-order chi connectivity index (χ1) is 21.8. The fraction of sp³-hybridized carbons (Fsp3) is 0.487. The van der Waals surface area contributed by atoms with Crippen molar-refractivity contribution in [2.75, 3.05) is 13.1 Å². The standard InChI is InChI=1S/C39H48FN3O2/c1-4-26(3)38(39(44)45)42-24-32(36(25-42)30-13-9-14-33(40)21-30)20-27-16-18-29(19-17-27)37-23-34(41-43(37)5-2)22-31-12-8-11-28-10-6-7-15-35(28)31/h6-15,21,23,26-27,29,32,36,38H,4-5,16-20,22,24-25H2,1-3H3,(H,44,45)/t26-,27?,29?,32-,36+,38+/m0/s1. The molecule has 1 N–H and O–H groups in total. The highest BCUT2D eigenvalue weighted by Crippen LogP contribution is 2.44. The molecule has 6 rings (SSSR count). The number of nitrogens with zero attached hydrogens (tertiary/aromatic N) is 3. The molecule has 6 heteroatoms. The van der Waals surface area contributed by atoms with Crippen LogP contribution in [0.15, 0.2) is 72.8 Å². The summed E-state index contributed by atoms with van der Waals surface area (Å²) in [5.41, 5.74) is 4.84. The Hall–Kier alpha value is -3.51. The second kappa shape index (κ2) is 13.9. The lowest BCUT2D eigenvalue weighted by Crippen LogP contribution is -2.44. The van der Waals surface area contributed by atoms with Gasteiger partial charge in [0.2, 0.25) is 0 Å². The zero-order valence-electron chi connectivity index (χ0n) is 27.0. The number of rotatable bonds is 11. The largest absolute Gasteiger partial charge is 0.480 e. The number of aryl methyl sites for hydroxylation is 1. The molecule has 1 saturated heterocycles. The van der Waals surface area contributed by atoms with Crippen molar-refractivity contribution in [1.82, 2.24) is 14.7 Å². The Balaban J connectivity index is 1.14. The molecule has 5 nitrogen and oxygen atoms in total. The van der Waals surface area contributed by atoms with Gasteiger partial charge in [-0.2, -0.15) is 5.10 Å². The van der Waals surface area contributed by atoms with Gasteiger partial charge < -0.3 is 5.11 Å². The number of carbonyl (C=O) groups is 1. The van der Waals surface area contributed by atoms with E-state index >= 15 is 0 Å². The normalized spacial score (nSPS) is 23.7. The van der Waals surface area contributed by atoms with Gasteiger partial charge in [-0.3, -0.25) is 14.4 Å². The lowest BCUT2D eigenvalue weighted by atomic mass is 9.74. The van der Waals surface area contributed by atoms with Crippen molar-refractivity contribution in [3.05, 3.63) is 101 Å². The number of carboxylic acid groups (broad SMARTS) is 1. The van der Waals surface area contributed by atoms with Crippen molar-refractivity contribution < 1.29 is 14.3 Å². The number of hydrogen-bond acceptors (Lipinski definition) is 3. The minimum absolute atomic E-state index is 0.0683. The molecule has 4 atom stereocenters. The van der Waals surface area contributed by atoms with Gasteiger partial charge in [0.15, 0.2) is 0 Å². The molecule has 1 aromatic heterocycles. The number of aromatic nitrogens is 2. The molecule has 1 aliphatic heterocycles. The monoisotopic (exact) mass is 609 g/mol. The average molecular weight is 610 g/mol. The van der Waals surface area contributed by atoms with Crippen molar-refractivity contribution >= 4 is 16.7 Å². The summed E-state index contributed by atoms with van der Waals surface area (Å²) < 4.78 is 16.5. The molecule has 2 heterocycles. The van der Waals surface area contributed by atoms with E-state index in [1.54, 1.807) is 12.1 Å². The summed E-state index contributed by atoms with van der Waals surface area (Å²) in [7, 11) is 0. The number of halogens is 1. The predicted octanol–water partition coefficient (Wildman–Crippen LogP) is 8.66. The first kappa shape index (κ1) is 31.5. The molecule has 1 aliphatic carbocycles. The molecule has 0 spiro atoms. The molecule has 1 saturated carbocycles. The summed E-state index contributed by atoms with van der Waals surface area (Å²) >= 11 is 0. The van der Waals surface area contributed by atoms with Crippen LogP contribution in [0.5, 0.6) is 0 Å². The second-order valence-electron chi connectivity index (χ2n) is 13.7. The Kier molecular flexibility index (Phi) is 9.70. The molecule has 238 valence electrons. The van der Waals surface area contributed by atoms with Gasteiger partial charge in [0.1, 0.15) is 11.9 Å². The Morgan fingerprint density at radius 1 is 0.978 bits per heavy atom. The van der Waals surface area contributed by atoms with E-state index in [0.717, 1.165) is 69.3 Å². The third-order valence-corrected chi connectivity index (χ3v) is 10.9. The summed E-state index contributed by atoms with van der Waals surface area (Å²) in [6, 6.07) is 24.0. The van der Waals surface area contributed by atoms with Crippen LogP contribution in [0, 0.1) is 23.6 Å². The summed E-state index contributed by atoms with van der Waals surface area (Å²) in [6.07, 6.45) is 7.36. The van der Waals surface area contributed by atoms with E-state index < -0.39 is 12.0 Å². The fourth-order valence-electron chi connectivity index (χ4n) is 8.39. The maximum Gasteiger partial charge on any atom is 0.321 e. The molecule has 0 amide bonds. The van der Waals surface area contributed by atoms with Gasteiger partial charge in [-0.1, -0.05) is 74.9 Å². The first-order valence-corrected chi connectivity index (χ1v) is 17.1. The quantitative estimate of drug-likeness (QED) is 0.185. The number of aliphatic carboxylic acids is 1. The van der Waals surface area contributed by atoms with Gasteiger partial charge in [-0.15, -0.1) is 0 Å². The van der Waals surface area contributed by atoms with Crippen LogP contribution in [-0.2, 0) is 17.8 Å². The lowest BCUT2D eigenvalue weighted by Gasteiger charge is -2.32. The molecule has 0 unspecified atom stereocenters. The molecule has 0 bridgehead atoms. The molecule has 0 radical (unpaired) electrons. The van der Waals surface area contributed by atoms with E-state index in [4.69, 9.17) is 5.10 Å². The van der Waals surface area contributed by atoms with Gasteiger partial charge in [0, 0.05) is 43.6 Å². The van der Waals surface area contributed by atoms with Crippen LogP contribution in [-0.4, -0.2) is 44.9 Å². The van der Waals surface area contributed by atoms with Crippen LogP contribution < -0.4 is 0 Å². The average Bonchev–Trinajstić information content (AvgIpc) is 3.65. The number of benzene rings is 3. The molecule has 45 heavy (non-hydrogen) atoms. The summed E-state index contributed by atoms with van der Waals surface area (Å²) in [5, 5.41) is 17.8. The van der Waals surface area contributed by atoms with E-state index in [1.807, 2.05) is 13.0 Å². The minimum atomic E-state index is -0.740. The number of carboxylic acids is 1. The SMILES string of the molecule is CC[C@H](C)[C@H](C(=O)O)N1C[C@H](CC2CCC(c3cc(Cc4cccc5ccccc45)nn3CC)CC2)[C@@H](c2cccc(F)c2)C1. The van der Waals surface area contributed by atoms with Crippen LogP contribution in [0.1, 0.15) is 93.6 Å². The highest BCUT2D eigenvalue weighted by Gasteiger charge is 2.42. The van der Waals surface area contributed by atoms with Crippen LogP contribution in [0.2, 0.25) is 0 Å². The fourth-order valence-corrected chi connectivity index (χ4v) is 8.39. The van der Waals surface area contributed by atoms with E-state index in [9.17, 15) is 14.3 Å². The van der Waals surface area contributed by atoms with Crippen LogP contribution in [0.25, 0.3) is 10.8 Å². The van der Waals surface area contributed by atoms with E-state index in [0.29, 0.717) is 24.3 Å². The van der Waals surface area contributed by atoms with Crippen molar-refractivity contribution in [3.63, 3.8) is 0 Å². The van der Waals surface area contributed by atoms with Gasteiger partial charge in [-0.25, -0.2) is 4.39 Å². The van der Waals surface area contributed by atoms with Crippen LogP contribution in [0.4, 0.5) is 4.39 Å². The Morgan fingerprint density at radius 3 is 2.47 bits per heavy atom. The Bertz CT molecular complexity index is 1600. The minimum Gasteiger partial charge on any atom is -0.480 e. The van der Waals surface area contributed by atoms with Gasteiger partial charge in [-0.05, 0) is 96.9 Å². The Morgan fingerprint density at radius 2 is 1.73 bits per heavy atom. The van der Waals surface area contributed by atoms with Crippen LogP contribution >= 0.6 is 0 Å². The molecule has 2 fully saturated rings. The maximum absolute atomic E-state index is 14.3. The van der Waals surface area contributed by atoms with Crippen LogP contribution in [0.3, 0.4) is 0 Å². The third kappa shape index (κ3) is 6.86.